The second kappa shape index (κ2) is 6.80. The van der Waals surface area contributed by atoms with E-state index in [1.807, 2.05) is 48.7 Å². The van der Waals surface area contributed by atoms with Crippen LogP contribution in [0.3, 0.4) is 0 Å². The van der Waals surface area contributed by atoms with Gasteiger partial charge in [-0.25, -0.2) is 0 Å². The number of ether oxygens (including phenoxy) is 1. The van der Waals surface area contributed by atoms with Gasteiger partial charge in [0.15, 0.2) is 0 Å². The SMILES string of the molecule is COc1ccc2occ(CN3[C@@H]4CC[C@H]3CC(O)(c3ccc(Cl)cc3)C4)c2c1. The lowest BCUT2D eigenvalue weighted by Crippen LogP contribution is -2.49. The highest BCUT2D eigenvalue weighted by Crippen LogP contribution is 2.46. The maximum atomic E-state index is 11.4. The molecule has 4 nitrogen and oxygen atoms in total. The van der Waals surface area contributed by atoms with Crippen molar-refractivity contribution in [2.45, 2.75) is 49.9 Å². The van der Waals surface area contributed by atoms with Crippen LogP contribution in [0.4, 0.5) is 0 Å². The molecule has 0 aliphatic carbocycles. The minimum absolute atomic E-state index is 0.370. The van der Waals surface area contributed by atoms with E-state index in [-0.39, 0.29) is 0 Å². The topological polar surface area (TPSA) is 45.8 Å². The molecule has 2 aliphatic rings. The highest BCUT2D eigenvalue weighted by Gasteiger charge is 2.48. The summed E-state index contributed by atoms with van der Waals surface area (Å²) < 4.78 is 11.1. The minimum atomic E-state index is -0.769. The first-order valence-corrected chi connectivity index (χ1v) is 10.2. The van der Waals surface area contributed by atoms with E-state index < -0.39 is 5.60 Å². The molecule has 3 heterocycles. The van der Waals surface area contributed by atoms with Crippen LogP contribution >= 0.6 is 11.6 Å². The second-order valence-electron chi connectivity index (χ2n) is 8.13. The standard InChI is InChI=1S/C23H24ClNO3/c1-27-20-8-9-22-21(10-20)15(14-28-22)13-25-18-6-7-19(25)12-23(26,11-18)16-2-4-17(24)5-3-16/h2-5,8-10,14,18-19,26H,6-7,11-13H2,1H3/t18-,19+,23?. The first-order chi connectivity index (χ1) is 13.6. The normalized spacial score (nSPS) is 27.4. The molecule has 146 valence electrons. The lowest BCUT2D eigenvalue weighted by Gasteiger charge is -2.44. The van der Waals surface area contributed by atoms with Gasteiger partial charge in [0.05, 0.1) is 19.0 Å². The molecule has 0 radical (unpaired) electrons. The number of aliphatic hydroxyl groups is 1. The lowest BCUT2D eigenvalue weighted by atomic mass is 9.80. The summed E-state index contributed by atoms with van der Waals surface area (Å²) in [5, 5.41) is 13.2. The first kappa shape index (κ1) is 18.0. The molecule has 2 bridgehead atoms. The largest absolute Gasteiger partial charge is 0.497 e. The van der Waals surface area contributed by atoms with E-state index in [0.29, 0.717) is 17.1 Å². The summed E-state index contributed by atoms with van der Waals surface area (Å²) in [5.41, 5.74) is 2.28. The summed E-state index contributed by atoms with van der Waals surface area (Å²) in [5.74, 6) is 0.842. The summed E-state index contributed by atoms with van der Waals surface area (Å²) in [4.78, 5) is 2.55. The number of hydrogen-bond donors (Lipinski definition) is 1. The second-order valence-corrected chi connectivity index (χ2v) is 8.56. The molecule has 1 aromatic heterocycles. The van der Waals surface area contributed by atoms with Crippen LogP contribution < -0.4 is 4.74 Å². The van der Waals surface area contributed by atoms with Crippen molar-refractivity contribution >= 4 is 22.6 Å². The number of furan rings is 1. The molecule has 28 heavy (non-hydrogen) atoms. The number of halogens is 1. The fourth-order valence-electron chi connectivity index (χ4n) is 5.08. The van der Waals surface area contributed by atoms with E-state index >= 15 is 0 Å². The number of piperidine rings is 1. The third-order valence-corrected chi connectivity index (χ3v) is 6.77. The molecule has 1 unspecified atom stereocenters. The van der Waals surface area contributed by atoms with Gasteiger partial charge in [-0.15, -0.1) is 0 Å². The zero-order valence-corrected chi connectivity index (χ0v) is 16.7. The van der Waals surface area contributed by atoms with Crippen LogP contribution in [-0.4, -0.2) is 29.2 Å². The Balaban J connectivity index is 1.40. The van der Waals surface area contributed by atoms with E-state index in [1.54, 1.807) is 7.11 Å². The van der Waals surface area contributed by atoms with Crippen LogP contribution in [0.2, 0.25) is 5.02 Å². The van der Waals surface area contributed by atoms with E-state index in [2.05, 4.69) is 4.90 Å². The number of nitrogens with zero attached hydrogens (tertiary/aromatic N) is 1. The van der Waals surface area contributed by atoms with Crippen molar-refractivity contribution in [3.63, 3.8) is 0 Å². The van der Waals surface area contributed by atoms with Crippen molar-refractivity contribution in [3.05, 3.63) is 64.9 Å². The molecule has 2 saturated heterocycles. The number of methoxy groups -OCH3 is 1. The van der Waals surface area contributed by atoms with Crippen LogP contribution in [0.1, 0.15) is 36.8 Å². The quantitative estimate of drug-likeness (QED) is 0.664. The molecular formula is C23H24ClNO3. The van der Waals surface area contributed by atoms with E-state index in [1.165, 1.54) is 5.56 Å². The summed E-state index contributed by atoms with van der Waals surface area (Å²) in [6.07, 6.45) is 5.62. The molecule has 0 saturated carbocycles. The predicted molar refractivity (Wildman–Crippen MR) is 110 cm³/mol. The maximum absolute atomic E-state index is 11.4. The Bertz CT molecular complexity index is 983. The maximum Gasteiger partial charge on any atom is 0.134 e. The summed E-state index contributed by atoms with van der Waals surface area (Å²) in [6, 6.07) is 14.3. The average molecular weight is 398 g/mol. The van der Waals surface area contributed by atoms with Gasteiger partial charge in [0, 0.05) is 34.6 Å². The molecule has 2 fully saturated rings. The van der Waals surface area contributed by atoms with Crippen molar-refractivity contribution in [1.29, 1.82) is 0 Å². The highest BCUT2D eigenvalue weighted by molar-refractivity contribution is 6.30. The Hall–Kier alpha value is -2.01. The molecular weight excluding hydrogens is 374 g/mol. The number of rotatable bonds is 4. The highest BCUT2D eigenvalue weighted by atomic mass is 35.5. The number of fused-ring (bicyclic) bond motifs is 3. The monoisotopic (exact) mass is 397 g/mol. The van der Waals surface area contributed by atoms with Gasteiger partial charge in [0.2, 0.25) is 0 Å². The smallest absolute Gasteiger partial charge is 0.134 e. The first-order valence-electron chi connectivity index (χ1n) is 9.84. The van der Waals surface area contributed by atoms with Gasteiger partial charge < -0.3 is 14.3 Å². The fraction of sp³-hybridized carbons (Fsp3) is 0.391. The summed E-state index contributed by atoms with van der Waals surface area (Å²) >= 11 is 6.03. The van der Waals surface area contributed by atoms with E-state index in [0.717, 1.165) is 54.5 Å². The van der Waals surface area contributed by atoms with Gasteiger partial charge in [0.25, 0.3) is 0 Å². The lowest BCUT2D eigenvalue weighted by molar-refractivity contribution is -0.0594. The Morgan fingerprint density at radius 1 is 1.14 bits per heavy atom. The predicted octanol–water partition coefficient (Wildman–Crippen LogP) is 5.11. The van der Waals surface area contributed by atoms with Crippen LogP contribution in [0.25, 0.3) is 11.0 Å². The van der Waals surface area contributed by atoms with Gasteiger partial charge in [-0.3, -0.25) is 4.90 Å². The molecule has 5 rings (SSSR count). The summed E-state index contributed by atoms with van der Waals surface area (Å²) in [6.45, 7) is 0.839. The number of hydrogen-bond acceptors (Lipinski definition) is 4. The summed E-state index contributed by atoms with van der Waals surface area (Å²) in [7, 11) is 1.68. The zero-order chi connectivity index (χ0) is 19.3. The van der Waals surface area contributed by atoms with Gasteiger partial charge in [-0.05, 0) is 61.6 Å². The van der Waals surface area contributed by atoms with Crippen molar-refractivity contribution in [3.8, 4) is 5.75 Å². The van der Waals surface area contributed by atoms with Crippen LogP contribution in [-0.2, 0) is 12.1 Å². The Morgan fingerprint density at radius 3 is 2.54 bits per heavy atom. The fourth-order valence-corrected chi connectivity index (χ4v) is 5.20. The molecule has 0 amide bonds. The van der Waals surface area contributed by atoms with Crippen LogP contribution in [0.15, 0.2) is 53.1 Å². The van der Waals surface area contributed by atoms with E-state index in [9.17, 15) is 5.11 Å². The van der Waals surface area contributed by atoms with Crippen molar-refractivity contribution in [2.75, 3.05) is 7.11 Å². The van der Waals surface area contributed by atoms with Crippen LogP contribution in [0.5, 0.6) is 5.75 Å². The van der Waals surface area contributed by atoms with Crippen LogP contribution in [0, 0.1) is 0 Å². The van der Waals surface area contributed by atoms with Crippen molar-refractivity contribution < 1.29 is 14.3 Å². The van der Waals surface area contributed by atoms with Gasteiger partial charge in [0.1, 0.15) is 11.3 Å². The molecule has 0 spiro atoms. The zero-order valence-electron chi connectivity index (χ0n) is 15.9. The Kier molecular flexibility index (Phi) is 4.38. The van der Waals surface area contributed by atoms with Crippen molar-refractivity contribution in [1.82, 2.24) is 4.90 Å². The van der Waals surface area contributed by atoms with Crippen molar-refractivity contribution in [2.24, 2.45) is 0 Å². The molecule has 2 aliphatic heterocycles. The third-order valence-electron chi connectivity index (χ3n) is 6.51. The van der Waals surface area contributed by atoms with Gasteiger partial charge in [-0.2, -0.15) is 0 Å². The Labute approximate surface area is 169 Å². The molecule has 1 N–H and O–H groups in total. The van der Waals surface area contributed by atoms with Gasteiger partial charge >= 0.3 is 0 Å². The average Bonchev–Trinajstić information content (AvgIpc) is 3.21. The minimum Gasteiger partial charge on any atom is -0.497 e. The molecule has 3 aromatic rings. The Morgan fingerprint density at radius 2 is 1.86 bits per heavy atom. The molecule has 2 aromatic carbocycles. The number of benzene rings is 2. The molecule has 5 heteroatoms. The van der Waals surface area contributed by atoms with Gasteiger partial charge in [-0.1, -0.05) is 23.7 Å². The van der Waals surface area contributed by atoms with E-state index in [4.69, 9.17) is 20.8 Å². The molecule has 3 atom stereocenters. The third kappa shape index (κ3) is 3.00.